The highest BCUT2D eigenvalue weighted by molar-refractivity contribution is 7.89. The van der Waals surface area contributed by atoms with Crippen LogP contribution in [0.2, 0.25) is 0 Å². The van der Waals surface area contributed by atoms with Crippen molar-refractivity contribution in [2.24, 2.45) is 0 Å². The van der Waals surface area contributed by atoms with Crippen molar-refractivity contribution in [1.82, 2.24) is 19.1 Å². The molecule has 0 unspecified atom stereocenters. The molecular formula is C26H29N5O3S. The smallest absolute Gasteiger partial charge is 0.256 e. The highest BCUT2D eigenvalue weighted by Gasteiger charge is 2.22. The van der Waals surface area contributed by atoms with Crippen molar-refractivity contribution in [3.05, 3.63) is 71.4 Å². The summed E-state index contributed by atoms with van der Waals surface area (Å²) in [7, 11) is -0.704. The predicted octanol–water partition coefficient (Wildman–Crippen LogP) is 4.80. The molecule has 0 atom stereocenters. The maximum Gasteiger partial charge on any atom is 0.256 e. The van der Waals surface area contributed by atoms with Gasteiger partial charge in [0.15, 0.2) is 5.65 Å². The first-order chi connectivity index (χ1) is 16.5. The van der Waals surface area contributed by atoms with Gasteiger partial charge in [-0.3, -0.25) is 4.79 Å². The number of pyridine rings is 1. The van der Waals surface area contributed by atoms with Crippen molar-refractivity contribution in [2.75, 3.05) is 19.4 Å². The van der Waals surface area contributed by atoms with Gasteiger partial charge < -0.3 is 5.32 Å². The molecule has 35 heavy (non-hydrogen) atoms. The summed E-state index contributed by atoms with van der Waals surface area (Å²) in [5.41, 5.74) is 4.57. The fourth-order valence-electron chi connectivity index (χ4n) is 3.85. The van der Waals surface area contributed by atoms with Gasteiger partial charge in [0.05, 0.1) is 27.7 Å². The van der Waals surface area contributed by atoms with Crippen LogP contribution >= 0.6 is 0 Å². The molecule has 0 spiro atoms. The van der Waals surface area contributed by atoms with Gasteiger partial charge in [-0.15, -0.1) is 0 Å². The molecule has 2 aromatic heterocycles. The number of carbonyl (C=O) groups is 1. The van der Waals surface area contributed by atoms with Gasteiger partial charge in [-0.25, -0.2) is 22.4 Å². The highest BCUT2D eigenvalue weighted by Crippen LogP contribution is 2.29. The van der Waals surface area contributed by atoms with Crippen molar-refractivity contribution >= 4 is 32.7 Å². The fraction of sp³-hybridized carbons (Fsp3) is 0.269. The Kier molecular flexibility index (Phi) is 6.48. The number of hydrogen-bond acceptors (Lipinski definition) is 5. The molecule has 0 aliphatic heterocycles. The molecule has 8 nitrogen and oxygen atoms in total. The summed E-state index contributed by atoms with van der Waals surface area (Å²) < 4.78 is 28.4. The molecule has 1 amide bonds. The number of aryl methyl sites for hydroxylation is 1. The minimum atomic E-state index is -3.66. The first-order valence-corrected chi connectivity index (χ1v) is 12.7. The van der Waals surface area contributed by atoms with Crippen LogP contribution in [-0.2, 0) is 10.0 Å². The maximum absolute atomic E-state index is 13.6. The minimum absolute atomic E-state index is 0.0553. The van der Waals surface area contributed by atoms with Crippen LogP contribution in [-0.4, -0.2) is 47.5 Å². The number of carbonyl (C=O) groups excluding carboxylic acids is 1. The molecule has 0 aliphatic rings. The van der Waals surface area contributed by atoms with E-state index >= 15 is 0 Å². The number of rotatable bonds is 6. The number of anilines is 1. The number of sulfonamides is 1. The first-order valence-electron chi connectivity index (χ1n) is 11.3. The molecule has 0 aliphatic carbocycles. The molecule has 0 bridgehead atoms. The van der Waals surface area contributed by atoms with Crippen molar-refractivity contribution in [1.29, 1.82) is 0 Å². The van der Waals surface area contributed by atoms with E-state index in [0.29, 0.717) is 28.0 Å². The van der Waals surface area contributed by atoms with E-state index < -0.39 is 10.0 Å². The van der Waals surface area contributed by atoms with Crippen LogP contribution in [0.5, 0.6) is 0 Å². The van der Waals surface area contributed by atoms with Gasteiger partial charge in [0.2, 0.25) is 10.0 Å². The topological polar surface area (TPSA) is 97.2 Å². The van der Waals surface area contributed by atoms with E-state index in [1.807, 2.05) is 58.0 Å². The molecule has 0 saturated heterocycles. The van der Waals surface area contributed by atoms with Gasteiger partial charge in [0, 0.05) is 31.4 Å². The summed E-state index contributed by atoms with van der Waals surface area (Å²) >= 11 is 0. The Balaban J connectivity index is 1.85. The molecule has 0 saturated carbocycles. The van der Waals surface area contributed by atoms with E-state index in [4.69, 9.17) is 4.98 Å². The standard InChI is InChI=1S/C26H29N5O3S/c1-16(2)31-25-22(15-27-31)21(14-24(28-25)19-10-8-7-9-11-19)26(32)29-23-13-20(12-17(3)18(23)4)35(33,34)30(5)6/h7-16H,1-6H3,(H,29,32). The third kappa shape index (κ3) is 4.56. The molecule has 2 heterocycles. The molecule has 2 aromatic carbocycles. The van der Waals surface area contributed by atoms with Gasteiger partial charge in [0.1, 0.15) is 0 Å². The van der Waals surface area contributed by atoms with E-state index in [-0.39, 0.29) is 16.8 Å². The Hall–Kier alpha value is -3.56. The lowest BCUT2D eigenvalue weighted by Crippen LogP contribution is -2.23. The van der Waals surface area contributed by atoms with E-state index in [1.165, 1.54) is 20.2 Å². The minimum Gasteiger partial charge on any atom is -0.322 e. The van der Waals surface area contributed by atoms with Gasteiger partial charge in [0.25, 0.3) is 5.91 Å². The lowest BCUT2D eigenvalue weighted by atomic mass is 10.0. The Morgan fingerprint density at radius 3 is 2.37 bits per heavy atom. The predicted molar refractivity (Wildman–Crippen MR) is 138 cm³/mol. The third-order valence-electron chi connectivity index (χ3n) is 6.04. The Bertz CT molecular complexity index is 1520. The molecule has 4 rings (SSSR count). The van der Waals surface area contributed by atoms with E-state index in [9.17, 15) is 13.2 Å². The third-order valence-corrected chi connectivity index (χ3v) is 7.83. The van der Waals surface area contributed by atoms with Crippen LogP contribution in [0.4, 0.5) is 5.69 Å². The molecule has 9 heteroatoms. The summed E-state index contributed by atoms with van der Waals surface area (Å²) in [5, 5.41) is 8.04. The average molecular weight is 492 g/mol. The number of nitrogens with one attached hydrogen (secondary N) is 1. The molecule has 0 fully saturated rings. The van der Waals surface area contributed by atoms with Crippen LogP contribution in [0, 0.1) is 13.8 Å². The Morgan fingerprint density at radius 1 is 1.06 bits per heavy atom. The molecule has 0 radical (unpaired) electrons. The quantitative estimate of drug-likeness (QED) is 0.418. The van der Waals surface area contributed by atoms with Gasteiger partial charge in [-0.1, -0.05) is 30.3 Å². The van der Waals surface area contributed by atoms with E-state index in [0.717, 1.165) is 21.0 Å². The normalized spacial score (nSPS) is 12.0. The summed E-state index contributed by atoms with van der Waals surface area (Å²) in [6, 6.07) is 14.6. The SMILES string of the molecule is Cc1cc(S(=O)(=O)N(C)C)cc(NC(=O)c2cc(-c3ccccc3)nc3c2cnn3C(C)C)c1C. The van der Waals surface area contributed by atoms with Crippen molar-refractivity contribution in [3.63, 3.8) is 0 Å². The van der Waals surface area contributed by atoms with E-state index in [2.05, 4.69) is 10.4 Å². The monoisotopic (exact) mass is 491 g/mol. The number of nitrogens with zero attached hydrogens (tertiary/aromatic N) is 4. The van der Waals surface area contributed by atoms with Gasteiger partial charge in [-0.05, 0) is 57.0 Å². The number of benzene rings is 2. The zero-order valence-electron chi connectivity index (χ0n) is 20.7. The Morgan fingerprint density at radius 2 is 1.74 bits per heavy atom. The second kappa shape index (κ2) is 9.24. The van der Waals surface area contributed by atoms with Crippen LogP contribution in [0.1, 0.15) is 41.4 Å². The van der Waals surface area contributed by atoms with Crippen molar-refractivity contribution in [2.45, 2.75) is 38.6 Å². The van der Waals surface area contributed by atoms with Crippen LogP contribution < -0.4 is 5.32 Å². The lowest BCUT2D eigenvalue weighted by Gasteiger charge is -2.17. The van der Waals surface area contributed by atoms with Gasteiger partial charge >= 0.3 is 0 Å². The van der Waals surface area contributed by atoms with Crippen LogP contribution in [0.3, 0.4) is 0 Å². The molecule has 182 valence electrons. The zero-order chi connectivity index (χ0) is 25.5. The van der Waals surface area contributed by atoms with Gasteiger partial charge in [-0.2, -0.15) is 5.10 Å². The molecule has 1 N–H and O–H groups in total. The molecular weight excluding hydrogens is 462 g/mol. The average Bonchev–Trinajstić information content (AvgIpc) is 3.26. The number of fused-ring (bicyclic) bond motifs is 1. The van der Waals surface area contributed by atoms with Crippen LogP contribution in [0.15, 0.2) is 59.6 Å². The zero-order valence-corrected chi connectivity index (χ0v) is 21.5. The highest BCUT2D eigenvalue weighted by atomic mass is 32.2. The second-order valence-corrected chi connectivity index (χ2v) is 11.1. The first kappa shape index (κ1) is 24.6. The number of aromatic nitrogens is 3. The number of hydrogen-bond donors (Lipinski definition) is 1. The largest absolute Gasteiger partial charge is 0.322 e. The lowest BCUT2D eigenvalue weighted by molar-refractivity contribution is 0.102. The fourth-order valence-corrected chi connectivity index (χ4v) is 4.86. The van der Waals surface area contributed by atoms with E-state index in [1.54, 1.807) is 23.0 Å². The summed E-state index contributed by atoms with van der Waals surface area (Å²) in [6.07, 6.45) is 1.65. The second-order valence-electron chi connectivity index (χ2n) is 9.00. The maximum atomic E-state index is 13.6. The summed E-state index contributed by atoms with van der Waals surface area (Å²) in [5.74, 6) is -0.361. The summed E-state index contributed by atoms with van der Waals surface area (Å²) in [4.78, 5) is 18.5. The molecule has 4 aromatic rings. The summed E-state index contributed by atoms with van der Waals surface area (Å²) in [6.45, 7) is 7.69. The Labute approximate surface area is 205 Å². The van der Waals surface area contributed by atoms with Crippen LogP contribution in [0.25, 0.3) is 22.3 Å². The van der Waals surface area contributed by atoms with Crippen molar-refractivity contribution < 1.29 is 13.2 Å². The number of amides is 1. The van der Waals surface area contributed by atoms with Crippen molar-refractivity contribution in [3.8, 4) is 11.3 Å².